The highest BCUT2D eigenvalue weighted by Gasteiger charge is 2.66. The Bertz CT molecular complexity index is 609. The third-order valence-electron chi connectivity index (χ3n) is 3.78. The average molecular weight is 297 g/mol. The number of ether oxygens (including phenoxy) is 1. The number of esters is 1. The molecule has 0 spiro atoms. The number of hydrogen-bond donors (Lipinski definition) is 1. The van der Waals surface area contributed by atoms with Gasteiger partial charge in [-0.25, -0.2) is 8.42 Å². The Kier molecular flexibility index (Phi) is 3.88. The molecule has 5 nitrogen and oxygen atoms in total. The molecule has 1 aliphatic carbocycles. The zero-order chi connectivity index (χ0) is 15.0. The van der Waals surface area contributed by atoms with E-state index in [9.17, 15) is 13.2 Å². The highest BCUT2D eigenvalue weighted by atomic mass is 32.2. The highest BCUT2D eigenvalue weighted by Crippen LogP contribution is 2.52. The van der Waals surface area contributed by atoms with Gasteiger partial charge in [0.2, 0.25) is 0 Å². The van der Waals surface area contributed by atoms with Crippen LogP contribution in [0.1, 0.15) is 18.9 Å². The highest BCUT2D eigenvalue weighted by molar-refractivity contribution is 7.92. The van der Waals surface area contributed by atoms with Gasteiger partial charge < -0.3 is 10.5 Å². The Hall–Kier alpha value is -1.40. The van der Waals surface area contributed by atoms with Crippen LogP contribution in [0.3, 0.4) is 0 Å². The van der Waals surface area contributed by atoms with Crippen molar-refractivity contribution < 1.29 is 17.9 Å². The van der Waals surface area contributed by atoms with Crippen LogP contribution in [-0.2, 0) is 19.4 Å². The van der Waals surface area contributed by atoms with Gasteiger partial charge in [0, 0.05) is 6.54 Å². The van der Waals surface area contributed by atoms with Gasteiger partial charge in [-0.2, -0.15) is 0 Å². The molecule has 1 fully saturated rings. The first-order valence-corrected chi connectivity index (χ1v) is 8.11. The normalized spacial score (nSPS) is 25.2. The molecule has 2 unspecified atom stereocenters. The lowest BCUT2D eigenvalue weighted by Gasteiger charge is -2.13. The molecule has 0 heterocycles. The zero-order valence-electron chi connectivity index (χ0n) is 11.6. The number of carbonyl (C=O) groups excluding carboxylic acids is 1. The van der Waals surface area contributed by atoms with Crippen LogP contribution in [0.4, 0.5) is 0 Å². The van der Waals surface area contributed by atoms with Crippen molar-refractivity contribution in [3.8, 4) is 0 Å². The van der Waals surface area contributed by atoms with Crippen molar-refractivity contribution in [2.45, 2.75) is 30.4 Å². The van der Waals surface area contributed by atoms with E-state index in [1.807, 2.05) is 6.92 Å². The summed E-state index contributed by atoms with van der Waals surface area (Å²) in [6.07, 6.45) is 0.235. The Morgan fingerprint density at radius 2 is 2.00 bits per heavy atom. The first-order chi connectivity index (χ1) is 9.38. The van der Waals surface area contributed by atoms with Gasteiger partial charge in [-0.05, 0) is 32.4 Å². The predicted octanol–water partition coefficient (Wildman–Crippen LogP) is 1.05. The molecule has 2 rings (SSSR count). The fourth-order valence-corrected chi connectivity index (χ4v) is 4.51. The maximum Gasteiger partial charge on any atom is 0.314 e. The second-order valence-corrected chi connectivity index (χ2v) is 7.26. The van der Waals surface area contributed by atoms with E-state index in [0.717, 1.165) is 5.56 Å². The van der Waals surface area contributed by atoms with Crippen LogP contribution in [0.25, 0.3) is 0 Å². The Morgan fingerprint density at radius 3 is 2.50 bits per heavy atom. The number of rotatable bonds is 5. The molecule has 20 heavy (non-hydrogen) atoms. The van der Waals surface area contributed by atoms with E-state index in [1.54, 1.807) is 31.2 Å². The maximum absolute atomic E-state index is 12.5. The Labute approximate surface area is 119 Å². The fraction of sp³-hybridized carbons (Fsp3) is 0.500. The lowest BCUT2D eigenvalue weighted by atomic mass is 10.1. The summed E-state index contributed by atoms with van der Waals surface area (Å²) >= 11 is 0. The molecular weight excluding hydrogens is 278 g/mol. The SMILES string of the molecule is CCOC(=O)C1(CN)CC1S(=O)(=O)c1ccc(C)cc1. The molecule has 2 atom stereocenters. The molecule has 0 aliphatic heterocycles. The molecule has 0 saturated heterocycles. The van der Waals surface area contributed by atoms with Gasteiger partial charge in [-0.1, -0.05) is 17.7 Å². The van der Waals surface area contributed by atoms with Crippen molar-refractivity contribution in [2.24, 2.45) is 11.1 Å². The van der Waals surface area contributed by atoms with E-state index < -0.39 is 26.5 Å². The second kappa shape index (κ2) is 5.18. The van der Waals surface area contributed by atoms with Crippen molar-refractivity contribution in [1.82, 2.24) is 0 Å². The first kappa shape index (κ1) is 15.0. The first-order valence-electron chi connectivity index (χ1n) is 6.56. The minimum Gasteiger partial charge on any atom is -0.465 e. The van der Waals surface area contributed by atoms with Crippen LogP contribution in [0.15, 0.2) is 29.2 Å². The number of sulfone groups is 1. The quantitative estimate of drug-likeness (QED) is 0.821. The molecule has 0 amide bonds. The lowest BCUT2D eigenvalue weighted by Crippen LogP contribution is -2.33. The molecule has 0 aromatic heterocycles. The maximum atomic E-state index is 12.5. The van der Waals surface area contributed by atoms with Gasteiger partial charge in [-0.15, -0.1) is 0 Å². The van der Waals surface area contributed by atoms with E-state index in [4.69, 9.17) is 10.5 Å². The van der Waals surface area contributed by atoms with E-state index in [-0.39, 0.29) is 24.5 Å². The molecule has 110 valence electrons. The Balaban J connectivity index is 2.29. The van der Waals surface area contributed by atoms with Crippen molar-refractivity contribution in [3.05, 3.63) is 29.8 Å². The second-order valence-electron chi connectivity index (χ2n) is 5.13. The van der Waals surface area contributed by atoms with Crippen LogP contribution in [-0.4, -0.2) is 32.8 Å². The smallest absolute Gasteiger partial charge is 0.314 e. The summed E-state index contributed by atoms with van der Waals surface area (Å²) in [5.74, 6) is -0.511. The number of aryl methyl sites for hydroxylation is 1. The molecule has 2 N–H and O–H groups in total. The van der Waals surface area contributed by atoms with E-state index in [1.165, 1.54) is 0 Å². The number of hydrogen-bond acceptors (Lipinski definition) is 5. The third kappa shape index (κ3) is 2.33. The van der Waals surface area contributed by atoms with Crippen molar-refractivity contribution in [2.75, 3.05) is 13.2 Å². The molecule has 0 radical (unpaired) electrons. The molecule has 1 aromatic carbocycles. The average Bonchev–Trinajstić information content (AvgIpc) is 3.16. The minimum absolute atomic E-state index is 0.0123. The summed E-state index contributed by atoms with van der Waals surface area (Å²) in [5.41, 5.74) is 5.54. The Morgan fingerprint density at radius 1 is 1.40 bits per heavy atom. The van der Waals surface area contributed by atoms with Gasteiger partial charge in [0.1, 0.15) is 0 Å². The van der Waals surface area contributed by atoms with Gasteiger partial charge in [0.15, 0.2) is 9.84 Å². The molecule has 1 saturated carbocycles. The van der Waals surface area contributed by atoms with Gasteiger partial charge in [0.25, 0.3) is 0 Å². The number of carbonyl (C=O) groups is 1. The van der Waals surface area contributed by atoms with Crippen LogP contribution < -0.4 is 5.73 Å². The molecular formula is C14H19NO4S. The van der Waals surface area contributed by atoms with Crippen LogP contribution in [0, 0.1) is 12.3 Å². The number of nitrogens with two attached hydrogens (primary N) is 1. The summed E-state index contributed by atoms with van der Waals surface area (Å²) in [7, 11) is -3.55. The van der Waals surface area contributed by atoms with E-state index >= 15 is 0 Å². The van der Waals surface area contributed by atoms with Crippen molar-refractivity contribution in [1.29, 1.82) is 0 Å². The van der Waals surface area contributed by atoms with Gasteiger partial charge in [-0.3, -0.25) is 4.79 Å². The van der Waals surface area contributed by atoms with Crippen LogP contribution >= 0.6 is 0 Å². The van der Waals surface area contributed by atoms with E-state index in [2.05, 4.69) is 0 Å². The summed E-state index contributed by atoms with van der Waals surface area (Å²) < 4.78 is 30.0. The topological polar surface area (TPSA) is 86.5 Å². The van der Waals surface area contributed by atoms with Gasteiger partial charge >= 0.3 is 5.97 Å². The summed E-state index contributed by atoms with van der Waals surface area (Å²) in [6.45, 7) is 3.78. The third-order valence-corrected chi connectivity index (χ3v) is 6.07. The molecule has 1 aliphatic rings. The molecule has 1 aromatic rings. The monoisotopic (exact) mass is 297 g/mol. The minimum atomic E-state index is -3.55. The summed E-state index contributed by atoms with van der Waals surface area (Å²) in [6, 6.07) is 6.61. The standard InChI is InChI=1S/C14H19NO4S/c1-3-19-13(16)14(9-15)8-12(14)20(17,18)11-6-4-10(2)5-7-11/h4-7,12H,3,8-9,15H2,1-2H3. The lowest BCUT2D eigenvalue weighted by molar-refractivity contribution is -0.149. The number of benzene rings is 1. The summed E-state index contributed by atoms with van der Waals surface area (Å²) in [5, 5.41) is -0.776. The summed E-state index contributed by atoms with van der Waals surface area (Å²) in [4.78, 5) is 12.2. The van der Waals surface area contributed by atoms with Crippen molar-refractivity contribution >= 4 is 15.8 Å². The van der Waals surface area contributed by atoms with E-state index in [0.29, 0.717) is 0 Å². The molecule has 6 heteroatoms. The van der Waals surface area contributed by atoms with Gasteiger partial charge in [0.05, 0.1) is 22.2 Å². The predicted molar refractivity (Wildman–Crippen MR) is 74.9 cm³/mol. The fourth-order valence-electron chi connectivity index (χ4n) is 2.36. The van der Waals surface area contributed by atoms with Crippen LogP contribution in [0.2, 0.25) is 0 Å². The van der Waals surface area contributed by atoms with Crippen molar-refractivity contribution in [3.63, 3.8) is 0 Å². The van der Waals surface area contributed by atoms with Crippen LogP contribution in [0.5, 0.6) is 0 Å². The zero-order valence-corrected chi connectivity index (χ0v) is 12.4. The largest absolute Gasteiger partial charge is 0.465 e. The molecule has 0 bridgehead atoms.